The Labute approximate surface area is 237 Å². The minimum Gasteiger partial charge on any atom is -0.496 e. The van der Waals surface area contributed by atoms with Crippen molar-refractivity contribution in [3.05, 3.63) is 77.0 Å². The van der Waals surface area contributed by atoms with Crippen molar-refractivity contribution in [3.8, 4) is 17.1 Å². The minimum absolute atomic E-state index is 0.0172. The number of nitrogens with one attached hydrogen (secondary N) is 2. The molecule has 212 valence electrons. The standard InChI is InChI=1S/C30H35N5O3.C2H6/c1-21(30(37)35-17-13-23(14-18-35)25-11-7-8-12-27(25)38-3)19-26-22(2)33-28(24-9-5-4-6-10-24)34-29(26)32-16-15-31-20-36;1-2/h4-12,19-20,23H,13-18H2,1-3H3,(H,31,36)(H,32,33,34);1-2H3/b21-19+;. The van der Waals surface area contributed by atoms with E-state index in [0.717, 1.165) is 35.4 Å². The van der Waals surface area contributed by atoms with Crippen molar-refractivity contribution in [2.45, 2.75) is 46.5 Å². The van der Waals surface area contributed by atoms with E-state index in [9.17, 15) is 9.59 Å². The molecule has 0 atom stereocenters. The fraction of sp³-hybridized carbons (Fsp3) is 0.375. The number of nitrogens with zero attached hydrogens (tertiary/aromatic N) is 3. The van der Waals surface area contributed by atoms with Gasteiger partial charge < -0.3 is 20.3 Å². The second kappa shape index (κ2) is 15.4. The summed E-state index contributed by atoms with van der Waals surface area (Å²) >= 11 is 0. The number of hydrogen-bond acceptors (Lipinski definition) is 6. The Morgan fingerprint density at radius 3 is 2.38 bits per heavy atom. The zero-order valence-electron chi connectivity index (χ0n) is 24.2. The molecule has 0 bridgehead atoms. The molecule has 0 saturated carbocycles. The Morgan fingerprint density at radius 2 is 1.70 bits per heavy atom. The smallest absolute Gasteiger partial charge is 0.249 e. The summed E-state index contributed by atoms with van der Waals surface area (Å²) in [7, 11) is 1.70. The topological polar surface area (TPSA) is 96.4 Å². The first-order chi connectivity index (χ1) is 19.5. The molecule has 0 unspecified atom stereocenters. The number of aryl methyl sites for hydroxylation is 1. The van der Waals surface area contributed by atoms with E-state index in [2.05, 4.69) is 16.7 Å². The average Bonchev–Trinajstić information content (AvgIpc) is 3.01. The van der Waals surface area contributed by atoms with E-state index in [0.29, 0.717) is 55.7 Å². The van der Waals surface area contributed by atoms with Gasteiger partial charge in [-0.1, -0.05) is 62.4 Å². The summed E-state index contributed by atoms with van der Waals surface area (Å²) in [5.41, 5.74) is 4.29. The molecule has 0 spiro atoms. The van der Waals surface area contributed by atoms with Gasteiger partial charge in [0, 0.05) is 42.9 Å². The van der Waals surface area contributed by atoms with Crippen LogP contribution in [0.15, 0.2) is 60.2 Å². The lowest BCUT2D eigenvalue weighted by atomic mass is 9.88. The molecule has 2 N–H and O–H groups in total. The molecule has 0 aliphatic carbocycles. The first-order valence-electron chi connectivity index (χ1n) is 14.0. The average molecular weight is 544 g/mol. The summed E-state index contributed by atoms with van der Waals surface area (Å²) in [6.07, 6.45) is 4.32. The third kappa shape index (κ3) is 7.68. The van der Waals surface area contributed by atoms with Crippen LogP contribution in [-0.2, 0) is 9.59 Å². The molecule has 8 nitrogen and oxygen atoms in total. The van der Waals surface area contributed by atoms with Crippen molar-refractivity contribution in [2.75, 3.05) is 38.6 Å². The summed E-state index contributed by atoms with van der Waals surface area (Å²) in [4.78, 5) is 35.5. The summed E-state index contributed by atoms with van der Waals surface area (Å²) in [5.74, 6) is 2.53. The van der Waals surface area contributed by atoms with Gasteiger partial charge in [0.2, 0.25) is 12.3 Å². The van der Waals surface area contributed by atoms with Crippen LogP contribution in [0, 0.1) is 6.92 Å². The zero-order valence-corrected chi connectivity index (χ0v) is 24.2. The van der Waals surface area contributed by atoms with Crippen LogP contribution in [0.25, 0.3) is 17.5 Å². The fourth-order valence-corrected chi connectivity index (χ4v) is 4.84. The highest BCUT2D eigenvalue weighted by atomic mass is 16.5. The molecule has 40 heavy (non-hydrogen) atoms. The lowest BCUT2D eigenvalue weighted by Gasteiger charge is -2.33. The second-order valence-electron chi connectivity index (χ2n) is 9.40. The van der Waals surface area contributed by atoms with E-state index in [1.165, 1.54) is 5.56 Å². The molecule has 2 heterocycles. The van der Waals surface area contributed by atoms with Crippen LogP contribution >= 0.6 is 0 Å². The SMILES string of the molecule is CC.COc1ccccc1C1CCN(C(=O)/C(C)=C/c2c(C)nc(-c3ccccc3)nc2NCCNC=O)CC1. The number of methoxy groups -OCH3 is 1. The number of amides is 2. The molecule has 1 aliphatic rings. The predicted molar refractivity (Wildman–Crippen MR) is 161 cm³/mol. The Kier molecular flexibility index (Phi) is 11.7. The summed E-state index contributed by atoms with van der Waals surface area (Å²) in [6, 6.07) is 17.9. The maximum atomic E-state index is 13.4. The van der Waals surface area contributed by atoms with E-state index >= 15 is 0 Å². The van der Waals surface area contributed by atoms with Crippen LogP contribution in [-0.4, -0.2) is 60.5 Å². The van der Waals surface area contributed by atoms with Crippen molar-refractivity contribution in [2.24, 2.45) is 0 Å². The number of carbonyl (C=O) groups is 2. The molecule has 0 radical (unpaired) electrons. The maximum Gasteiger partial charge on any atom is 0.249 e. The molecule has 1 fully saturated rings. The first-order valence-corrected chi connectivity index (χ1v) is 14.0. The molecule has 1 aromatic heterocycles. The van der Waals surface area contributed by atoms with Crippen LogP contribution in [0.2, 0.25) is 0 Å². The number of piperidine rings is 1. The molecule has 1 saturated heterocycles. The van der Waals surface area contributed by atoms with Crippen molar-refractivity contribution in [1.82, 2.24) is 20.2 Å². The summed E-state index contributed by atoms with van der Waals surface area (Å²) in [6.45, 7) is 10.1. The highest BCUT2D eigenvalue weighted by Crippen LogP contribution is 2.34. The van der Waals surface area contributed by atoms with E-state index in [-0.39, 0.29) is 5.91 Å². The molecule has 3 aromatic rings. The molecular weight excluding hydrogens is 502 g/mol. The third-order valence-corrected chi connectivity index (χ3v) is 6.87. The molecule has 2 amide bonds. The molecule has 8 heteroatoms. The van der Waals surface area contributed by atoms with Crippen molar-refractivity contribution < 1.29 is 14.3 Å². The van der Waals surface area contributed by atoms with Crippen LogP contribution < -0.4 is 15.4 Å². The maximum absolute atomic E-state index is 13.4. The van der Waals surface area contributed by atoms with E-state index in [4.69, 9.17) is 14.7 Å². The predicted octanol–water partition coefficient (Wildman–Crippen LogP) is 5.45. The Bertz CT molecular complexity index is 1280. The number of para-hydroxylation sites is 1. The Hall–Kier alpha value is -4.20. The summed E-state index contributed by atoms with van der Waals surface area (Å²) in [5, 5.41) is 5.96. The fourth-order valence-electron chi connectivity index (χ4n) is 4.84. The van der Waals surface area contributed by atoms with Gasteiger partial charge in [0.25, 0.3) is 0 Å². The van der Waals surface area contributed by atoms with Crippen molar-refractivity contribution in [3.63, 3.8) is 0 Å². The van der Waals surface area contributed by atoms with Gasteiger partial charge in [-0.05, 0) is 50.3 Å². The number of benzene rings is 2. The van der Waals surface area contributed by atoms with Gasteiger partial charge in [0.15, 0.2) is 5.82 Å². The van der Waals surface area contributed by atoms with Gasteiger partial charge in [0.1, 0.15) is 11.6 Å². The van der Waals surface area contributed by atoms with Crippen LogP contribution in [0.5, 0.6) is 5.75 Å². The van der Waals surface area contributed by atoms with E-state index in [1.807, 2.05) is 87.2 Å². The molecular formula is C32H41N5O3. The number of rotatable bonds is 10. The summed E-state index contributed by atoms with van der Waals surface area (Å²) < 4.78 is 5.55. The van der Waals surface area contributed by atoms with Crippen molar-refractivity contribution in [1.29, 1.82) is 0 Å². The van der Waals surface area contributed by atoms with Crippen molar-refractivity contribution >= 4 is 24.2 Å². The van der Waals surface area contributed by atoms with Crippen LogP contribution in [0.1, 0.15) is 56.4 Å². The largest absolute Gasteiger partial charge is 0.496 e. The number of anilines is 1. The minimum atomic E-state index is 0.0172. The Morgan fingerprint density at radius 1 is 1.02 bits per heavy atom. The molecule has 4 rings (SSSR count). The quantitative estimate of drug-likeness (QED) is 0.200. The number of carbonyl (C=O) groups excluding carboxylic acids is 2. The normalized spacial score (nSPS) is 13.6. The molecule has 1 aliphatic heterocycles. The number of hydrogen-bond donors (Lipinski definition) is 2. The Balaban J connectivity index is 0.00000216. The first kappa shape index (κ1) is 30.3. The monoisotopic (exact) mass is 543 g/mol. The second-order valence-corrected chi connectivity index (χ2v) is 9.40. The highest BCUT2D eigenvalue weighted by Gasteiger charge is 2.26. The van der Waals surface area contributed by atoms with Crippen LogP contribution in [0.3, 0.4) is 0 Å². The number of ether oxygens (including phenoxy) is 1. The lowest BCUT2D eigenvalue weighted by molar-refractivity contribution is -0.128. The van der Waals surface area contributed by atoms with Gasteiger partial charge in [-0.2, -0.15) is 0 Å². The van der Waals surface area contributed by atoms with Gasteiger partial charge in [-0.15, -0.1) is 0 Å². The lowest BCUT2D eigenvalue weighted by Crippen LogP contribution is -2.38. The number of likely N-dealkylation sites (tertiary alicyclic amines) is 1. The van der Waals surface area contributed by atoms with Gasteiger partial charge in [-0.25, -0.2) is 9.97 Å². The van der Waals surface area contributed by atoms with Gasteiger partial charge in [-0.3, -0.25) is 9.59 Å². The third-order valence-electron chi connectivity index (χ3n) is 6.87. The van der Waals surface area contributed by atoms with Crippen LogP contribution in [0.4, 0.5) is 5.82 Å². The van der Waals surface area contributed by atoms with Gasteiger partial charge >= 0.3 is 0 Å². The van der Waals surface area contributed by atoms with E-state index < -0.39 is 0 Å². The zero-order chi connectivity index (χ0) is 28.9. The highest BCUT2D eigenvalue weighted by molar-refractivity contribution is 5.98. The number of aromatic nitrogens is 2. The van der Waals surface area contributed by atoms with E-state index in [1.54, 1.807) is 7.11 Å². The van der Waals surface area contributed by atoms with Gasteiger partial charge in [0.05, 0.1) is 12.8 Å². The molecule has 2 aromatic carbocycles.